The highest BCUT2D eigenvalue weighted by atomic mass is 16.6. The summed E-state index contributed by atoms with van der Waals surface area (Å²) in [5, 5.41) is 14.0. The van der Waals surface area contributed by atoms with Gasteiger partial charge in [-0.2, -0.15) is 0 Å². The number of hydrogen-bond donors (Lipinski definition) is 2. The summed E-state index contributed by atoms with van der Waals surface area (Å²) in [7, 11) is 0. The molecule has 2 rings (SSSR count). The topological polar surface area (TPSA) is 77.4 Å². The quantitative estimate of drug-likeness (QED) is 0.460. The summed E-state index contributed by atoms with van der Waals surface area (Å²) in [6, 6.07) is 0.211. The number of piperidine rings is 1. The number of nitrogens with one attached hydrogen (secondary N) is 1. The number of carbonyl (C=O) groups excluding carboxylic acids is 1. The van der Waals surface area contributed by atoms with Crippen LogP contribution in [0.1, 0.15) is 80.1 Å². The molecule has 174 valence electrons. The van der Waals surface area contributed by atoms with Crippen molar-refractivity contribution < 1.29 is 14.6 Å². The van der Waals surface area contributed by atoms with Gasteiger partial charge in [0.25, 0.3) is 0 Å². The maximum atomic E-state index is 12.8. The van der Waals surface area contributed by atoms with Gasteiger partial charge in [0.1, 0.15) is 5.60 Å². The second-order valence-electron chi connectivity index (χ2n) is 9.90. The molecule has 30 heavy (non-hydrogen) atoms. The van der Waals surface area contributed by atoms with Crippen LogP contribution >= 0.6 is 0 Å². The van der Waals surface area contributed by atoms with Crippen LogP contribution in [0.25, 0.3) is 0 Å². The van der Waals surface area contributed by atoms with Gasteiger partial charge >= 0.3 is 6.09 Å². The largest absolute Gasteiger partial charge is 0.444 e. The van der Waals surface area contributed by atoms with E-state index in [1.54, 1.807) is 0 Å². The number of aliphatic hydroxyl groups is 1. The Morgan fingerprint density at radius 2 is 1.73 bits per heavy atom. The molecule has 2 aliphatic rings. The highest BCUT2D eigenvalue weighted by Crippen LogP contribution is 2.32. The molecule has 0 spiro atoms. The van der Waals surface area contributed by atoms with Crippen molar-refractivity contribution >= 4 is 12.1 Å². The summed E-state index contributed by atoms with van der Waals surface area (Å²) in [5.41, 5.74) is -1.21. The van der Waals surface area contributed by atoms with Crippen LogP contribution in [-0.2, 0) is 4.74 Å². The van der Waals surface area contributed by atoms with Gasteiger partial charge < -0.3 is 25.0 Å². The molecular formula is C23H44N4O3. The lowest BCUT2D eigenvalue weighted by molar-refractivity contribution is 0.00916. The number of amides is 1. The molecule has 0 radical (unpaired) electrons. The minimum absolute atomic E-state index is 0.177. The average molecular weight is 425 g/mol. The molecule has 1 aliphatic carbocycles. The molecule has 2 N–H and O–H groups in total. The SMILES string of the molecule is CCNC(=NCC(O)(CC)CC)N1CCC(N(CC2CC2)C(=O)OC(C)(C)C)CC1. The van der Waals surface area contributed by atoms with Gasteiger partial charge in [-0.15, -0.1) is 0 Å². The van der Waals surface area contributed by atoms with Crippen molar-refractivity contribution in [1.82, 2.24) is 15.1 Å². The number of likely N-dealkylation sites (tertiary alicyclic amines) is 1. The molecule has 1 saturated heterocycles. The first-order chi connectivity index (χ1) is 14.1. The zero-order valence-corrected chi connectivity index (χ0v) is 20.0. The zero-order valence-electron chi connectivity index (χ0n) is 20.0. The Kier molecular flexibility index (Phi) is 8.83. The molecule has 1 amide bonds. The maximum Gasteiger partial charge on any atom is 0.410 e. The first-order valence-electron chi connectivity index (χ1n) is 11.9. The fraction of sp³-hybridized carbons (Fsp3) is 0.913. The van der Waals surface area contributed by atoms with E-state index >= 15 is 0 Å². The summed E-state index contributed by atoms with van der Waals surface area (Å²) < 4.78 is 5.70. The Labute approximate surface area is 183 Å². The number of hydrogen-bond acceptors (Lipinski definition) is 4. The molecular weight excluding hydrogens is 380 g/mol. The van der Waals surface area contributed by atoms with E-state index in [0.717, 1.165) is 45.0 Å². The zero-order chi connectivity index (χ0) is 22.4. The highest BCUT2D eigenvalue weighted by molar-refractivity contribution is 5.80. The Morgan fingerprint density at radius 1 is 1.13 bits per heavy atom. The summed E-state index contributed by atoms with van der Waals surface area (Å²) in [5.74, 6) is 1.50. The van der Waals surface area contributed by atoms with Crippen molar-refractivity contribution in [2.75, 3.05) is 32.7 Å². The molecule has 0 aromatic carbocycles. The molecule has 1 aliphatic heterocycles. The number of aliphatic imine (C=N–C) groups is 1. The van der Waals surface area contributed by atoms with Crippen LogP contribution in [0.4, 0.5) is 4.79 Å². The van der Waals surface area contributed by atoms with Crippen molar-refractivity contribution in [3.63, 3.8) is 0 Å². The predicted molar refractivity (Wildman–Crippen MR) is 122 cm³/mol. The standard InChI is InChI=1S/C23H44N4O3/c1-7-23(29,8-2)17-25-20(24-9-3)26-14-12-19(13-15-26)27(16-18-10-11-18)21(28)30-22(4,5)6/h18-19,29H,7-17H2,1-6H3,(H,24,25). The van der Waals surface area contributed by atoms with Crippen LogP contribution in [0.5, 0.6) is 0 Å². The first kappa shape index (κ1) is 24.8. The fourth-order valence-corrected chi connectivity index (χ4v) is 3.78. The predicted octanol–water partition coefficient (Wildman–Crippen LogP) is 3.61. The Balaban J connectivity index is 2.00. The molecule has 0 bridgehead atoms. The second kappa shape index (κ2) is 10.7. The van der Waals surface area contributed by atoms with Crippen LogP contribution < -0.4 is 5.32 Å². The van der Waals surface area contributed by atoms with Gasteiger partial charge in [-0.1, -0.05) is 13.8 Å². The molecule has 0 aromatic rings. The lowest BCUT2D eigenvalue weighted by Gasteiger charge is -2.40. The first-order valence-corrected chi connectivity index (χ1v) is 11.9. The number of guanidine groups is 1. The van der Waals surface area contributed by atoms with E-state index in [9.17, 15) is 9.90 Å². The van der Waals surface area contributed by atoms with Crippen LogP contribution in [0.2, 0.25) is 0 Å². The summed E-state index contributed by atoms with van der Waals surface area (Å²) in [6.07, 6.45) is 5.45. The van der Waals surface area contributed by atoms with Crippen molar-refractivity contribution in [2.24, 2.45) is 10.9 Å². The lowest BCUT2D eigenvalue weighted by Crippen LogP contribution is -2.53. The molecule has 2 fully saturated rings. The monoisotopic (exact) mass is 424 g/mol. The van der Waals surface area contributed by atoms with Crippen LogP contribution in [-0.4, -0.2) is 76.9 Å². The lowest BCUT2D eigenvalue weighted by atomic mass is 9.98. The molecule has 0 unspecified atom stereocenters. The van der Waals surface area contributed by atoms with Gasteiger partial charge in [-0.05, 0) is 72.1 Å². The normalized spacial score (nSPS) is 19.0. The van der Waals surface area contributed by atoms with E-state index < -0.39 is 11.2 Å². The molecule has 1 saturated carbocycles. The van der Waals surface area contributed by atoms with Crippen molar-refractivity contribution in [2.45, 2.75) is 97.3 Å². The van der Waals surface area contributed by atoms with Crippen molar-refractivity contribution in [3.8, 4) is 0 Å². The Bertz CT molecular complexity index is 571. The van der Waals surface area contributed by atoms with E-state index in [4.69, 9.17) is 9.73 Å². The number of carbonyl (C=O) groups is 1. The summed E-state index contributed by atoms with van der Waals surface area (Å²) in [4.78, 5) is 21.8. The van der Waals surface area contributed by atoms with Gasteiger partial charge in [0.15, 0.2) is 5.96 Å². The van der Waals surface area contributed by atoms with Gasteiger partial charge in [0, 0.05) is 32.2 Å². The molecule has 7 nitrogen and oxygen atoms in total. The molecule has 1 heterocycles. The van der Waals surface area contributed by atoms with Gasteiger partial charge in [0.05, 0.1) is 12.1 Å². The average Bonchev–Trinajstić information content (AvgIpc) is 3.52. The smallest absolute Gasteiger partial charge is 0.410 e. The van der Waals surface area contributed by atoms with Crippen molar-refractivity contribution in [1.29, 1.82) is 0 Å². The van der Waals surface area contributed by atoms with E-state index in [1.165, 1.54) is 12.8 Å². The van der Waals surface area contributed by atoms with Crippen molar-refractivity contribution in [3.05, 3.63) is 0 Å². The van der Waals surface area contributed by atoms with E-state index in [-0.39, 0.29) is 12.1 Å². The highest BCUT2D eigenvalue weighted by Gasteiger charge is 2.35. The Hall–Kier alpha value is -1.50. The number of rotatable bonds is 8. The minimum Gasteiger partial charge on any atom is -0.444 e. The van der Waals surface area contributed by atoms with E-state index in [2.05, 4.69) is 17.1 Å². The van der Waals surface area contributed by atoms with Crippen LogP contribution in [0, 0.1) is 5.92 Å². The number of ether oxygens (including phenoxy) is 1. The fourth-order valence-electron chi connectivity index (χ4n) is 3.78. The summed E-state index contributed by atoms with van der Waals surface area (Å²) in [6.45, 7) is 15.6. The second-order valence-corrected chi connectivity index (χ2v) is 9.90. The van der Waals surface area contributed by atoms with E-state index in [0.29, 0.717) is 25.3 Å². The molecule has 0 aromatic heterocycles. The van der Waals surface area contributed by atoms with E-state index in [1.807, 2.05) is 39.5 Å². The Morgan fingerprint density at radius 3 is 2.20 bits per heavy atom. The van der Waals surface area contributed by atoms with Gasteiger partial charge in [0.2, 0.25) is 0 Å². The van der Waals surface area contributed by atoms with Crippen LogP contribution in [0.15, 0.2) is 4.99 Å². The van der Waals surface area contributed by atoms with Gasteiger partial charge in [-0.3, -0.25) is 4.99 Å². The maximum absolute atomic E-state index is 12.8. The third kappa shape index (κ3) is 7.64. The third-order valence-electron chi connectivity index (χ3n) is 6.16. The number of nitrogens with zero attached hydrogens (tertiary/aromatic N) is 3. The molecule has 7 heteroatoms. The van der Waals surface area contributed by atoms with Gasteiger partial charge in [-0.25, -0.2) is 4.79 Å². The summed E-state index contributed by atoms with van der Waals surface area (Å²) >= 11 is 0. The molecule has 0 atom stereocenters. The van der Waals surface area contributed by atoms with Crippen LogP contribution in [0.3, 0.4) is 0 Å². The third-order valence-corrected chi connectivity index (χ3v) is 6.16. The minimum atomic E-state index is -0.739.